The van der Waals surface area contributed by atoms with Crippen LogP contribution in [0.2, 0.25) is 0 Å². The lowest BCUT2D eigenvalue weighted by molar-refractivity contribution is 0.0941. The van der Waals surface area contributed by atoms with Crippen LogP contribution in [0.25, 0.3) is 0 Å². The third kappa shape index (κ3) is 4.18. The van der Waals surface area contributed by atoms with Crippen molar-refractivity contribution in [2.75, 3.05) is 7.11 Å². The van der Waals surface area contributed by atoms with E-state index in [0.717, 1.165) is 11.3 Å². The highest BCUT2D eigenvalue weighted by molar-refractivity contribution is 5.92. The molecule has 0 aliphatic heterocycles. The smallest absolute Gasteiger partial charge is 0.269 e. The summed E-state index contributed by atoms with van der Waals surface area (Å²) >= 11 is 0. The Morgan fingerprint density at radius 1 is 1.19 bits per heavy atom. The molecule has 3 rings (SSSR count). The molecule has 2 aromatic heterocycles. The van der Waals surface area contributed by atoms with E-state index in [9.17, 15) is 4.79 Å². The van der Waals surface area contributed by atoms with Gasteiger partial charge in [-0.05, 0) is 30.7 Å². The lowest BCUT2D eigenvalue weighted by Gasteiger charge is -2.08. The molecule has 1 N–H and O–H groups in total. The van der Waals surface area contributed by atoms with Gasteiger partial charge in [-0.15, -0.1) is 0 Å². The zero-order valence-corrected chi connectivity index (χ0v) is 14.9. The van der Waals surface area contributed by atoms with Gasteiger partial charge in [0, 0.05) is 31.9 Å². The van der Waals surface area contributed by atoms with Gasteiger partial charge >= 0.3 is 0 Å². The minimum absolute atomic E-state index is 0.176. The largest absolute Gasteiger partial charge is 0.497 e. The average molecular weight is 352 g/mol. The third-order valence-electron chi connectivity index (χ3n) is 3.75. The summed E-state index contributed by atoms with van der Waals surface area (Å²) in [7, 11) is 3.35. The summed E-state index contributed by atoms with van der Waals surface area (Å²) in [6.45, 7) is 2.22. The van der Waals surface area contributed by atoms with Crippen molar-refractivity contribution in [2.45, 2.75) is 13.5 Å². The Hall–Kier alpha value is -3.35. The number of aromatic nitrogens is 3. The van der Waals surface area contributed by atoms with Gasteiger partial charge in [0.2, 0.25) is 5.88 Å². The molecule has 0 saturated carbocycles. The molecule has 3 aromatic rings. The quantitative estimate of drug-likeness (QED) is 0.738. The number of nitrogens with one attached hydrogen (secondary N) is 1. The number of carbonyl (C=O) groups is 1. The fourth-order valence-electron chi connectivity index (χ4n) is 2.46. The molecule has 0 fully saturated rings. The summed E-state index contributed by atoms with van der Waals surface area (Å²) in [5, 5.41) is 7.03. The summed E-state index contributed by atoms with van der Waals surface area (Å²) in [5.41, 5.74) is 2.20. The van der Waals surface area contributed by atoms with Crippen LogP contribution in [-0.4, -0.2) is 27.8 Å². The molecule has 0 aliphatic carbocycles. The van der Waals surface area contributed by atoms with Gasteiger partial charge in [0.15, 0.2) is 0 Å². The van der Waals surface area contributed by atoms with Gasteiger partial charge in [-0.2, -0.15) is 5.10 Å². The molecule has 0 saturated heterocycles. The summed E-state index contributed by atoms with van der Waals surface area (Å²) in [6, 6.07) is 12.7. The van der Waals surface area contributed by atoms with Gasteiger partial charge in [-0.3, -0.25) is 9.48 Å². The molecular weight excluding hydrogens is 332 g/mol. The van der Waals surface area contributed by atoms with E-state index in [4.69, 9.17) is 9.47 Å². The Kier molecular flexibility index (Phi) is 5.17. The van der Waals surface area contributed by atoms with Crippen LogP contribution in [0.15, 0.2) is 48.7 Å². The first-order valence-corrected chi connectivity index (χ1v) is 8.11. The minimum Gasteiger partial charge on any atom is -0.497 e. The zero-order chi connectivity index (χ0) is 18.5. The molecule has 0 unspecified atom stereocenters. The van der Waals surface area contributed by atoms with Crippen LogP contribution in [0.5, 0.6) is 17.4 Å². The number of pyridine rings is 1. The van der Waals surface area contributed by atoms with E-state index in [2.05, 4.69) is 15.4 Å². The molecule has 0 atom stereocenters. The normalized spacial score (nSPS) is 10.4. The van der Waals surface area contributed by atoms with Gasteiger partial charge < -0.3 is 14.8 Å². The van der Waals surface area contributed by atoms with Crippen molar-refractivity contribution in [3.8, 4) is 17.4 Å². The molecule has 7 heteroatoms. The van der Waals surface area contributed by atoms with Crippen LogP contribution >= 0.6 is 0 Å². The van der Waals surface area contributed by atoms with Gasteiger partial charge in [0.1, 0.15) is 17.2 Å². The van der Waals surface area contributed by atoms with E-state index in [1.165, 1.54) is 0 Å². The highest BCUT2D eigenvalue weighted by atomic mass is 16.5. The highest BCUT2D eigenvalue weighted by Gasteiger charge is 2.11. The van der Waals surface area contributed by atoms with Crippen LogP contribution in [0.1, 0.15) is 21.7 Å². The van der Waals surface area contributed by atoms with E-state index in [-0.39, 0.29) is 5.91 Å². The topological polar surface area (TPSA) is 78.3 Å². The Labute approximate surface area is 151 Å². The molecule has 2 heterocycles. The van der Waals surface area contributed by atoms with Crippen molar-refractivity contribution in [2.24, 2.45) is 7.05 Å². The summed E-state index contributed by atoms with van der Waals surface area (Å²) in [6.07, 6.45) is 1.67. The second-order valence-electron chi connectivity index (χ2n) is 5.76. The van der Waals surface area contributed by atoms with Crippen molar-refractivity contribution < 1.29 is 14.3 Å². The maximum Gasteiger partial charge on any atom is 0.269 e. The number of ether oxygens (including phenoxy) is 2. The lowest BCUT2D eigenvalue weighted by Crippen LogP contribution is -2.25. The first-order chi connectivity index (χ1) is 12.5. The van der Waals surface area contributed by atoms with E-state index in [1.54, 1.807) is 43.2 Å². The Morgan fingerprint density at radius 3 is 2.65 bits per heavy atom. The second-order valence-corrected chi connectivity index (χ2v) is 5.76. The molecule has 7 nitrogen and oxygen atoms in total. The van der Waals surface area contributed by atoms with E-state index >= 15 is 0 Å². The van der Waals surface area contributed by atoms with Crippen LogP contribution in [0.4, 0.5) is 0 Å². The SMILES string of the molecule is COc1cccc(Oc2ccc(CNC(=O)c3cc(C)nn3C)cn2)c1. The Balaban J connectivity index is 1.59. The highest BCUT2D eigenvalue weighted by Crippen LogP contribution is 2.23. The monoisotopic (exact) mass is 352 g/mol. The van der Waals surface area contributed by atoms with Gasteiger partial charge in [-0.25, -0.2) is 4.98 Å². The fraction of sp³-hybridized carbons (Fsp3) is 0.211. The fourth-order valence-corrected chi connectivity index (χ4v) is 2.46. The molecule has 1 aromatic carbocycles. The zero-order valence-electron chi connectivity index (χ0n) is 14.9. The molecule has 0 spiro atoms. The number of aryl methyl sites for hydroxylation is 2. The van der Waals surface area contributed by atoms with Crippen LogP contribution in [0.3, 0.4) is 0 Å². The standard InChI is InChI=1S/C19H20N4O3/c1-13-9-17(23(2)22-13)19(24)21-12-14-7-8-18(20-11-14)26-16-6-4-5-15(10-16)25-3/h4-11H,12H2,1-3H3,(H,21,24). The number of hydrogen-bond acceptors (Lipinski definition) is 5. The predicted molar refractivity (Wildman–Crippen MR) is 96.4 cm³/mol. The van der Waals surface area contributed by atoms with Crippen LogP contribution in [-0.2, 0) is 13.6 Å². The number of methoxy groups -OCH3 is 1. The van der Waals surface area contributed by atoms with Crippen LogP contribution in [0, 0.1) is 6.92 Å². The van der Waals surface area contributed by atoms with Crippen molar-refractivity contribution in [3.63, 3.8) is 0 Å². The van der Waals surface area contributed by atoms with Gasteiger partial charge in [0.25, 0.3) is 5.91 Å². The van der Waals surface area contributed by atoms with Gasteiger partial charge in [-0.1, -0.05) is 12.1 Å². The van der Waals surface area contributed by atoms with E-state index in [1.807, 2.05) is 31.2 Å². The first kappa shape index (κ1) is 17.5. The van der Waals surface area contributed by atoms with E-state index in [0.29, 0.717) is 29.6 Å². The molecule has 134 valence electrons. The molecular formula is C19H20N4O3. The number of hydrogen-bond donors (Lipinski definition) is 1. The summed E-state index contributed by atoms with van der Waals surface area (Å²) in [4.78, 5) is 16.5. The first-order valence-electron chi connectivity index (χ1n) is 8.11. The van der Waals surface area contributed by atoms with Gasteiger partial charge in [0.05, 0.1) is 12.8 Å². The van der Waals surface area contributed by atoms with Crippen molar-refractivity contribution in [3.05, 3.63) is 65.6 Å². The third-order valence-corrected chi connectivity index (χ3v) is 3.75. The van der Waals surface area contributed by atoms with Crippen LogP contribution < -0.4 is 14.8 Å². The van der Waals surface area contributed by atoms with E-state index < -0.39 is 0 Å². The Bertz CT molecular complexity index is 903. The van der Waals surface area contributed by atoms with Crippen molar-refractivity contribution in [1.82, 2.24) is 20.1 Å². The predicted octanol–water partition coefficient (Wildman–Crippen LogP) is 2.85. The van der Waals surface area contributed by atoms with Crippen molar-refractivity contribution in [1.29, 1.82) is 0 Å². The number of amides is 1. The number of nitrogens with zero attached hydrogens (tertiary/aromatic N) is 3. The lowest BCUT2D eigenvalue weighted by atomic mass is 10.2. The second kappa shape index (κ2) is 7.69. The summed E-state index contributed by atoms with van der Waals surface area (Å²) < 4.78 is 12.4. The molecule has 0 bridgehead atoms. The average Bonchev–Trinajstić information content (AvgIpc) is 2.99. The molecule has 1 amide bonds. The minimum atomic E-state index is -0.176. The number of rotatable bonds is 6. The molecule has 26 heavy (non-hydrogen) atoms. The number of benzene rings is 1. The maximum atomic E-state index is 12.2. The molecule has 0 aliphatic rings. The molecule has 0 radical (unpaired) electrons. The number of carbonyl (C=O) groups excluding carboxylic acids is 1. The van der Waals surface area contributed by atoms with Crippen molar-refractivity contribution >= 4 is 5.91 Å². The summed E-state index contributed by atoms with van der Waals surface area (Å²) in [5.74, 6) is 1.65. The Morgan fingerprint density at radius 2 is 2.00 bits per heavy atom. The maximum absolute atomic E-state index is 12.2.